The van der Waals surface area contributed by atoms with Crippen molar-refractivity contribution in [3.05, 3.63) is 54.1 Å². The molecule has 0 spiro atoms. The molecule has 0 fully saturated rings. The first kappa shape index (κ1) is 20.8. The molecule has 0 bridgehead atoms. The maximum Gasteiger partial charge on any atom is 0.387 e. The molecule has 0 atom stereocenters. The lowest BCUT2D eigenvalue weighted by Crippen LogP contribution is -2.30. The number of nitrogens with zero attached hydrogens (tertiary/aromatic N) is 1. The van der Waals surface area contributed by atoms with Crippen molar-refractivity contribution in [1.82, 2.24) is 4.31 Å². The highest BCUT2D eigenvalue weighted by Crippen LogP contribution is 2.20. The molecule has 2 rings (SSSR count). The number of benzene rings is 2. The van der Waals surface area contributed by atoms with Crippen molar-refractivity contribution in [1.29, 1.82) is 0 Å². The number of ether oxygens (including phenoxy) is 1. The number of alkyl halides is 2. The van der Waals surface area contributed by atoms with E-state index < -0.39 is 22.5 Å². The number of hydrogen-bond acceptors (Lipinski definition) is 4. The van der Waals surface area contributed by atoms with Crippen molar-refractivity contribution in [2.75, 3.05) is 18.4 Å². The topological polar surface area (TPSA) is 75.7 Å². The van der Waals surface area contributed by atoms with Gasteiger partial charge in [-0.05, 0) is 48.5 Å². The van der Waals surface area contributed by atoms with Gasteiger partial charge in [-0.2, -0.15) is 13.1 Å². The number of anilines is 1. The van der Waals surface area contributed by atoms with E-state index >= 15 is 0 Å². The van der Waals surface area contributed by atoms with Crippen LogP contribution in [-0.2, 0) is 10.0 Å². The molecule has 0 saturated carbocycles. The quantitative estimate of drug-likeness (QED) is 0.738. The molecule has 27 heavy (non-hydrogen) atoms. The minimum atomic E-state index is -3.57. The highest BCUT2D eigenvalue weighted by molar-refractivity contribution is 7.89. The van der Waals surface area contributed by atoms with E-state index in [1.807, 2.05) is 0 Å². The zero-order valence-electron chi connectivity index (χ0n) is 14.9. The molecule has 0 aliphatic carbocycles. The van der Waals surface area contributed by atoms with Gasteiger partial charge < -0.3 is 10.1 Å². The largest absolute Gasteiger partial charge is 0.435 e. The van der Waals surface area contributed by atoms with Crippen LogP contribution in [0.2, 0.25) is 0 Å². The molecule has 0 unspecified atom stereocenters. The fraction of sp³-hybridized carbons (Fsp3) is 0.278. The number of sulfonamides is 1. The second-order valence-corrected chi connectivity index (χ2v) is 7.41. The van der Waals surface area contributed by atoms with Gasteiger partial charge in [-0.15, -0.1) is 0 Å². The summed E-state index contributed by atoms with van der Waals surface area (Å²) in [6.07, 6.45) is 0. The summed E-state index contributed by atoms with van der Waals surface area (Å²) in [7, 11) is -3.57. The second-order valence-electron chi connectivity index (χ2n) is 5.47. The fourth-order valence-electron chi connectivity index (χ4n) is 2.41. The number of carbonyl (C=O) groups excluding carboxylic acids is 1. The summed E-state index contributed by atoms with van der Waals surface area (Å²) < 4.78 is 54.7. The first-order chi connectivity index (χ1) is 12.8. The van der Waals surface area contributed by atoms with E-state index in [4.69, 9.17) is 0 Å². The lowest BCUT2D eigenvalue weighted by atomic mass is 10.2. The van der Waals surface area contributed by atoms with E-state index in [0.717, 1.165) is 0 Å². The molecular formula is C18H20F2N2O4S. The fourth-order valence-corrected chi connectivity index (χ4v) is 3.87. The molecule has 1 N–H and O–H groups in total. The summed E-state index contributed by atoms with van der Waals surface area (Å²) >= 11 is 0. The zero-order valence-corrected chi connectivity index (χ0v) is 15.7. The van der Waals surface area contributed by atoms with Crippen molar-refractivity contribution >= 4 is 21.6 Å². The number of rotatable bonds is 8. The predicted molar refractivity (Wildman–Crippen MR) is 97.6 cm³/mol. The van der Waals surface area contributed by atoms with Gasteiger partial charge in [0.25, 0.3) is 5.91 Å². The van der Waals surface area contributed by atoms with Gasteiger partial charge >= 0.3 is 6.61 Å². The monoisotopic (exact) mass is 398 g/mol. The van der Waals surface area contributed by atoms with Gasteiger partial charge in [0.2, 0.25) is 10.0 Å². The highest BCUT2D eigenvalue weighted by atomic mass is 32.2. The lowest BCUT2D eigenvalue weighted by Gasteiger charge is -2.18. The molecule has 6 nitrogen and oxygen atoms in total. The van der Waals surface area contributed by atoms with Crippen LogP contribution in [0.5, 0.6) is 5.75 Å². The third kappa shape index (κ3) is 5.24. The molecule has 0 saturated heterocycles. The van der Waals surface area contributed by atoms with Crippen LogP contribution >= 0.6 is 0 Å². The Kier molecular flexibility index (Phi) is 6.86. The van der Waals surface area contributed by atoms with Gasteiger partial charge in [-0.25, -0.2) is 8.42 Å². The van der Waals surface area contributed by atoms with Gasteiger partial charge in [-0.1, -0.05) is 13.8 Å². The Morgan fingerprint density at radius 3 is 2.07 bits per heavy atom. The Balaban J connectivity index is 2.09. The third-order valence-corrected chi connectivity index (χ3v) is 5.86. The van der Waals surface area contributed by atoms with Crippen LogP contribution in [0.3, 0.4) is 0 Å². The smallest absolute Gasteiger partial charge is 0.387 e. The SMILES string of the molecule is CCN(CC)S(=O)(=O)c1ccc(NC(=O)c2ccc(OC(F)F)cc2)cc1. The minimum Gasteiger partial charge on any atom is -0.435 e. The number of carbonyl (C=O) groups is 1. The van der Waals surface area contributed by atoms with Crippen LogP contribution < -0.4 is 10.1 Å². The Bertz CT molecular complexity index is 865. The summed E-state index contributed by atoms with van der Waals surface area (Å²) in [6, 6.07) is 11.1. The first-order valence-electron chi connectivity index (χ1n) is 8.24. The molecule has 146 valence electrons. The van der Waals surface area contributed by atoms with Gasteiger partial charge in [0.1, 0.15) is 5.75 Å². The Morgan fingerprint density at radius 2 is 1.59 bits per heavy atom. The van der Waals surface area contributed by atoms with Crippen molar-refractivity contribution < 1.29 is 26.7 Å². The number of nitrogens with one attached hydrogen (secondary N) is 1. The second kappa shape index (κ2) is 8.92. The predicted octanol–water partition coefficient (Wildman–Crippen LogP) is 3.57. The van der Waals surface area contributed by atoms with E-state index in [0.29, 0.717) is 18.8 Å². The maximum atomic E-state index is 12.4. The third-order valence-electron chi connectivity index (χ3n) is 3.80. The molecule has 0 heterocycles. The molecule has 1 amide bonds. The van der Waals surface area contributed by atoms with Gasteiger partial charge in [0.15, 0.2) is 0 Å². The summed E-state index contributed by atoms with van der Waals surface area (Å²) in [6.45, 7) is 1.31. The van der Waals surface area contributed by atoms with Gasteiger partial charge in [-0.3, -0.25) is 4.79 Å². The molecular weight excluding hydrogens is 378 g/mol. The van der Waals surface area contributed by atoms with Crippen LogP contribution in [0.25, 0.3) is 0 Å². The lowest BCUT2D eigenvalue weighted by molar-refractivity contribution is -0.0498. The molecule has 2 aromatic rings. The van der Waals surface area contributed by atoms with E-state index in [9.17, 15) is 22.0 Å². The average Bonchev–Trinajstić information content (AvgIpc) is 2.63. The van der Waals surface area contributed by atoms with Crippen LogP contribution in [-0.4, -0.2) is 38.3 Å². The zero-order chi connectivity index (χ0) is 20.0. The van der Waals surface area contributed by atoms with Crippen LogP contribution in [0, 0.1) is 0 Å². The summed E-state index contributed by atoms with van der Waals surface area (Å²) in [5.74, 6) is -0.509. The average molecular weight is 398 g/mol. The first-order valence-corrected chi connectivity index (χ1v) is 9.68. The number of hydrogen-bond donors (Lipinski definition) is 1. The van der Waals surface area contributed by atoms with Crippen molar-refractivity contribution in [3.8, 4) is 5.75 Å². The van der Waals surface area contributed by atoms with E-state index in [1.54, 1.807) is 13.8 Å². The maximum absolute atomic E-state index is 12.4. The van der Waals surface area contributed by atoms with Crippen LogP contribution in [0.15, 0.2) is 53.4 Å². The summed E-state index contributed by atoms with van der Waals surface area (Å²) in [5.41, 5.74) is 0.655. The Hall–Kier alpha value is -2.52. The highest BCUT2D eigenvalue weighted by Gasteiger charge is 2.21. The Labute approximate surface area is 156 Å². The molecule has 0 radical (unpaired) electrons. The molecule has 0 aliphatic rings. The van der Waals surface area contributed by atoms with E-state index in [2.05, 4.69) is 10.1 Å². The summed E-state index contributed by atoms with van der Waals surface area (Å²) in [4.78, 5) is 12.3. The van der Waals surface area contributed by atoms with Crippen LogP contribution in [0.4, 0.5) is 14.5 Å². The van der Waals surface area contributed by atoms with Gasteiger partial charge in [0, 0.05) is 24.3 Å². The Morgan fingerprint density at radius 1 is 1.04 bits per heavy atom. The van der Waals surface area contributed by atoms with Crippen LogP contribution in [0.1, 0.15) is 24.2 Å². The van der Waals surface area contributed by atoms with Crippen molar-refractivity contribution in [2.24, 2.45) is 0 Å². The molecule has 2 aromatic carbocycles. The van der Waals surface area contributed by atoms with E-state index in [1.165, 1.54) is 52.8 Å². The molecule has 0 aromatic heterocycles. The van der Waals surface area contributed by atoms with Crippen molar-refractivity contribution in [2.45, 2.75) is 25.4 Å². The normalized spacial score (nSPS) is 11.6. The van der Waals surface area contributed by atoms with Gasteiger partial charge in [0.05, 0.1) is 4.90 Å². The minimum absolute atomic E-state index is 0.0486. The number of halogens is 2. The number of amides is 1. The molecule has 9 heteroatoms. The molecule has 0 aliphatic heterocycles. The standard InChI is InChI=1S/C18H20F2N2O4S/c1-3-22(4-2)27(24,25)16-11-7-14(8-12-16)21-17(23)13-5-9-15(10-6-13)26-18(19)20/h5-12,18H,3-4H2,1-2H3,(H,21,23). The summed E-state index contributed by atoms with van der Waals surface area (Å²) in [5, 5.41) is 2.62. The van der Waals surface area contributed by atoms with Crippen molar-refractivity contribution in [3.63, 3.8) is 0 Å². The van der Waals surface area contributed by atoms with E-state index in [-0.39, 0.29) is 16.2 Å².